The summed E-state index contributed by atoms with van der Waals surface area (Å²) >= 11 is 0. The van der Waals surface area contributed by atoms with Crippen LogP contribution in [0.2, 0.25) is 0 Å². The fraction of sp³-hybridized carbons (Fsp3) is 0.538. The maximum absolute atomic E-state index is 5.46. The summed E-state index contributed by atoms with van der Waals surface area (Å²) in [4.78, 5) is 0. The third-order valence-corrected chi connectivity index (χ3v) is 2.58. The highest BCUT2D eigenvalue weighted by molar-refractivity contribution is 5.19. The smallest absolute Gasteiger partial charge is 0.105 e. The van der Waals surface area contributed by atoms with Crippen LogP contribution in [0.15, 0.2) is 10.5 Å². The first-order chi connectivity index (χ1) is 7.17. The highest BCUT2D eigenvalue weighted by Gasteiger charge is 2.07. The van der Waals surface area contributed by atoms with Gasteiger partial charge in [-0.05, 0) is 26.3 Å². The van der Waals surface area contributed by atoms with Crippen LogP contribution in [0, 0.1) is 26.2 Å². The third-order valence-electron chi connectivity index (χ3n) is 2.58. The van der Waals surface area contributed by atoms with Gasteiger partial charge in [-0.3, -0.25) is 0 Å². The standard InChI is InChI=1S/C13H19NO/c1-5-7-13(6-2)14-9-12-8-10(3)15-11(12)4/h1,8,13-14H,6-7,9H2,2-4H3. The van der Waals surface area contributed by atoms with Crippen LogP contribution in [0.1, 0.15) is 36.8 Å². The molecule has 0 amide bonds. The zero-order chi connectivity index (χ0) is 11.3. The fourth-order valence-corrected chi connectivity index (χ4v) is 1.62. The second kappa shape index (κ2) is 5.63. The molecular formula is C13H19NO. The van der Waals surface area contributed by atoms with Crippen molar-refractivity contribution in [2.24, 2.45) is 0 Å². The highest BCUT2D eigenvalue weighted by atomic mass is 16.3. The first-order valence-electron chi connectivity index (χ1n) is 5.40. The molecule has 15 heavy (non-hydrogen) atoms. The van der Waals surface area contributed by atoms with E-state index < -0.39 is 0 Å². The number of rotatable bonds is 5. The van der Waals surface area contributed by atoms with Gasteiger partial charge in [-0.1, -0.05) is 6.92 Å². The molecule has 82 valence electrons. The largest absolute Gasteiger partial charge is 0.466 e. The summed E-state index contributed by atoms with van der Waals surface area (Å²) in [6.07, 6.45) is 7.14. The summed E-state index contributed by atoms with van der Waals surface area (Å²) in [6, 6.07) is 2.48. The molecule has 0 saturated carbocycles. The molecule has 0 saturated heterocycles. The van der Waals surface area contributed by atoms with Gasteiger partial charge >= 0.3 is 0 Å². The minimum absolute atomic E-state index is 0.407. The van der Waals surface area contributed by atoms with Gasteiger partial charge in [-0.2, -0.15) is 0 Å². The average Bonchev–Trinajstić information content (AvgIpc) is 2.52. The van der Waals surface area contributed by atoms with Gasteiger partial charge in [0.05, 0.1) is 0 Å². The Labute approximate surface area is 92.1 Å². The van der Waals surface area contributed by atoms with Gasteiger partial charge in [-0.15, -0.1) is 12.3 Å². The summed E-state index contributed by atoms with van der Waals surface area (Å²) in [6.45, 7) is 6.94. The number of furan rings is 1. The van der Waals surface area contributed by atoms with Gasteiger partial charge in [0.15, 0.2) is 0 Å². The van der Waals surface area contributed by atoms with E-state index in [0.717, 1.165) is 30.9 Å². The molecule has 2 heteroatoms. The molecule has 1 rings (SSSR count). The van der Waals surface area contributed by atoms with Crippen LogP contribution in [0.25, 0.3) is 0 Å². The Kier molecular flexibility index (Phi) is 4.45. The molecule has 1 N–H and O–H groups in total. The van der Waals surface area contributed by atoms with Gasteiger partial charge in [0.2, 0.25) is 0 Å². The molecule has 0 bridgehead atoms. The summed E-state index contributed by atoms with van der Waals surface area (Å²) in [5.41, 5.74) is 1.22. The van der Waals surface area contributed by atoms with Crippen LogP contribution >= 0.6 is 0 Å². The van der Waals surface area contributed by atoms with E-state index in [1.54, 1.807) is 0 Å². The van der Waals surface area contributed by atoms with Crippen LogP contribution in [-0.2, 0) is 6.54 Å². The van der Waals surface area contributed by atoms with Crippen molar-refractivity contribution in [3.8, 4) is 12.3 Å². The van der Waals surface area contributed by atoms with E-state index in [2.05, 4.69) is 24.2 Å². The van der Waals surface area contributed by atoms with Crippen molar-refractivity contribution in [3.63, 3.8) is 0 Å². The predicted octanol–water partition coefficient (Wildman–Crippen LogP) is 2.79. The average molecular weight is 205 g/mol. The van der Waals surface area contributed by atoms with E-state index in [1.807, 2.05) is 13.8 Å². The quantitative estimate of drug-likeness (QED) is 0.748. The van der Waals surface area contributed by atoms with Crippen molar-refractivity contribution in [3.05, 3.63) is 23.2 Å². The Morgan fingerprint density at radius 2 is 2.27 bits per heavy atom. The van der Waals surface area contributed by atoms with E-state index in [4.69, 9.17) is 10.8 Å². The number of hydrogen-bond donors (Lipinski definition) is 1. The normalized spacial score (nSPS) is 12.4. The molecule has 1 aromatic heterocycles. The summed E-state index contributed by atoms with van der Waals surface area (Å²) in [7, 11) is 0. The molecule has 0 aliphatic heterocycles. The van der Waals surface area contributed by atoms with Crippen LogP contribution in [0.5, 0.6) is 0 Å². The number of hydrogen-bond acceptors (Lipinski definition) is 2. The first-order valence-corrected chi connectivity index (χ1v) is 5.40. The zero-order valence-corrected chi connectivity index (χ0v) is 9.76. The molecule has 0 fully saturated rings. The molecular weight excluding hydrogens is 186 g/mol. The predicted molar refractivity (Wildman–Crippen MR) is 62.6 cm³/mol. The summed E-state index contributed by atoms with van der Waals surface area (Å²) < 4.78 is 5.46. The van der Waals surface area contributed by atoms with Gasteiger partial charge in [0, 0.05) is 24.6 Å². The van der Waals surface area contributed by atoms with Gasteiger partial charge in [0.25, 0.3) is 0 Å². The number of nitrogens with one attached hydrogen (secondary N) is 1. The molecule has 0 aromatic carbocycles. The fourth-order valence-electron chi connectivity index (χ4n) is 1.62. The minimum Gasteiger partial charge on any atom is -0.466 e. The Morgan fingerprint density at radius 3 is 2.73 bits per heavy atom. The number of terminal acetylenes is 1. The van der Waals surface area contributed by atoms with Crippen molar-refractivity contribution in [2.45, 2.75) is 46.2 Å². The second-order valence-electron chi connectivity index (χ2n) is 3.83. The molecule has 1 aromatic rings. The van der Waals surface area contributed by atoms with Crippen molar-refractivity contribution < 1.29 is 4.42 Å². The van der Waals surface area contributed by atoms with E-state index >= 15 is 0 Å². The lowest BCUT2D eigenvalue weighted by Crippen LogP contribution is -2.27. The Balaban J connectivity index is 2.49. The van der Waals surface area contributed by atoms with E-state index in [-0.39, 0.29) is 0 Å². The Hall–Kier alpha value is -1.20. The van der Waals surface area contributed by atoms with Gasteiger partial charge in [-0.25, -0.2) is 0 Å². The lowest BCUT2D eigenvalue weighted by Gasteiger charge is -2.13. The number of aryl methyl sites for hydroxylation is 2. The Bertz CT molecular complexity index is 346. The van der Waals surface area contributed by atoms with E-state index in [9.17, 15) is 0 Å². The molecule has 0 spiro atoms. The topological polar surface area (TPSA) is 25.2 Å². The third kappa shape index (κ3) is 3.45. The first kappa shape index (κ1) is 11.9. The van der Waals surface area contributed by atoms with Crippen molar-refractivity contribution >= 4 is 0 Å². The summed E-state index contributed by atoms with van der Waals surface area (Å²) in [5, 5.41) is 3.44. The van der Waals surface area contributed by atoms with Crippen LogP contribution in [-0.4, -0.2) is 6.04 Å². The lowest BCUT2D eigenvalue weighted by molar-refractivity contribution is 0.483. The SMILES string of the molecule is C#CCC(CC)NCc1cc(C)oc1C. The van der Waals surface area contributed by atoms with Crippen LogP contribution in [0.3, 0.4) is 0 Å². The van der Waals surface area contributed by atoms with Crippen molar-refractivity contribution in [1.82, 2.24) is 5.32 Å². The lowest BCUT2D eigenvalue weighted by atomic mass is 10.1. The van der Waals surface area contributed by atoms with Crippen LogP contribution < -0.4 is 5.32 Å². The van der Waals surface area contributed by atoms with Gasteiger partial charge < -0.3 is 9.73 Å². The molecule has 0 aliphatic rings. The zero-order valence-electron chi connectivity index (χ0n) is 9.76. The molecule has 1 heterocycles. The molecule has 1 unspecified atom stereocenters. The molecule has 0 aliphatic carbocycles. The monoisotopic (exact) mass is 205 g/mol. The van der Waals surface area contributed by atoms with Crippen molar-refractivity contribution in [2.75, 3.05) is 0 Å². The van der Waals surface area contributed by atoms with E-state index in [1.165, 1.54) is 5.56 Å². The van der Waals surface area contributed by atoms with Crippen molar-refractivity contribution in [1.29, 1.82) is 0 Å². The molecule has 0 radical (unpaired) electrons. The minimum atomic E-state index is 0.407. The second-order valence-corrected chi connectivity index (χ2v) is 3.83. The summed E-state index contributed by atoms with van der Waals surface area (Å²) in [5.74, 6) is 4.65. The maximum Gasteiger partial charge on any atom is 0.105 e. The molecule has 2 nitrogen and oxygen atoms in total. The highest BCUT2D eigenvalue weighted by Crippen LogP contribution is 2.13. The maximum atomic E-state index is 5.46. The molecule has 1 atom stereocenters. The Morgan fingerprint density at radius 1 is 1.53 bits per heavy atom. The van der Waals surface area contributed by atoms with Crippen LogP contribution in [0.4, 0.5) is 0 Å². The van der Waals surface area contributed by atoms with E-state index in [0.29, 0.717) is 6.04 Å². The van der Waals surface area contributed by atoms with Gasteiger partial charge in [0.1, 0.15) is 11.5 Å².